The molecule has 0 amide bonds. The molecule has 5 aromatic carbocycles. The molecule has 0 bridgehead atoms. The summed E-state index contributed by atoms with van der Waals surface area (Å²) in [6, 6.07) is 43.8. The topological polar surface area (TPSA) is 49.5 Å². The second kappa shape index (κ2) is 15.3. The van der Waals surface area contributed by atoms with Gasteiger partial charge in [0, 0.05) is 15.6 Å². The fraction of sp³-hybridized carbons (Fsp3) is 0.0294. The predicted octanol–water partition coefficient (Wildman–Crippen LogP) is 9.71. The number of nitrogens with zero attached hydrogens (tertiary/aromatic N) is 4. The predicted molar refractivity (Wildman–Crippen MR) is 178 cm³/mol. The number of halogens is 1. The molecule has 0 saturated heterocycles. The maximum atomic E-state index is 5.58. The highest BCUT2D eigenvalue weighted by Crippen LogP contribution is 2.29. The molecule has 1 radical (unpaired) electrons. The van der Waals surface area contributed by atoms with Gasteiger partial charge in [-0.2, -0.15) is 0 Å². The fourth-order valence-corrected chi connectivity index (χ4v) is 4.16. The van der Waals surface area contributed by atoms with Crippen molar-refractivity contribution in [2.24, 2.45) is 15.0 Å². The van der Waals surface area contributed by atoms with Crippen LogP contribution in [-0.2, 0) is 4.76 Å². The number of aliphatic imine (C=N–C) groups is 3. The second-order valence-electron chi connectivity index (χ2n) is 8.65. The fourth-order valence-electron chi connectivity index (χ4n) is 3.90. The van der Waals surface area contributed by atoms with Gasteiger partial charge in [0.25, 0.3) is 0 Å². The summed E-state index contributed by atoms with van der Waals surface area (Å²) >= 11 is 3.45. The lowest BCUT2D eigenvalue weighted by molar-refractivity contribution is 0.346. The third-order valence-corrected chi connectivity index (χ3v) is 6.44. The Labute approximate surface area is 251 Å². The van der Waals surface area contributed by atoms with Crippen LogP contribution in [0.25, 0.3) is 0 Å². The van der Waals surface area contributed by atoms with Crippen LogP contribution < -0.4 is 5.06 Å². The second-order valence-corrected chi connectivity index (χ2v) is 9.57. The molecule has 0 aliphatic rings. The van der Waals surface area contributed by atoms with Crippen LogP contribution in [0.1, 0.15) is 11.1 Å². The van der Waals surface area contributed by atoms with Gasteiger partial charge in [-0.05, 0) is 86.2 Å². The molecular formula is C34H29BBrN4O. The van der Waals surface area contributed by atoms with Gasteiger partial charge in [0.05, 0.1) is 34.1 Å². The average molecular weight is 600 g/mol. The van der Waals surface area contributed by atoms with Crippen LogP contribution in [0.5, 0.6) is 0 Å². The molecule has 0 aliphatic carbocycles. The van der Waals surface area contributed by atoms with Crippen molar-refractivity contribution in [3.8, 4) is 0 Å². The summed E-state index contributed by atoms with van der Waals surface area (Å²) in [5.74, 6) is 0. The van der Waals surface area contributed by atoms with Crippen molar-refractivity contribution in [2.45, 2.75) is 6.82 Å². The van der Waals surface area contributed by atoms with Crippen LogP contribution in [0.2, 0.25) is 6.82 Å². The van der Waals surface area contributed by atoms with E-state index in [0.717, 1.165) is 49.7 Å². The monoisotopic (exact) mass is 599 g/mol. The lowest BCUT2D eigenvalue weighted by atomic mass is 10.0. The van der Waals surface area contributed by atoms with Crippen LogP contribution in [0.3, 0.4) is 0 Å². The zero-order valence-corrected chi connectivity index (χ0v) is 24.4. The Morgan fingerprint density at radius 2 is 1.02 bits per heavy atom. The highest BCUT2D eigenvalue weighted by Gasteiger charge is 2.10. The van der Waals surface area contributed by atoms with Gasteiger partial charge in [0.1, 0.15) is 0 Å². The van der Waals surface area contributed by atoms with Crippen molar-refractivity contribution in [3.05, 3.63) is 149 Å². The molecule has 201 valence electrons. The summed E-state index contributed by atoms with van der Waals surface area (Å²) < 4.78 is 6.63. The molecule has 0 aromatic heterocycles. The van der Waals surface area contributed by atoms with Crippen molar-refractivity contribution >= 4 is 71.0 Å². The summed E-state index contributed by atoms with van der Waals surface area (Å²) in [4.78, 5) is 12.6. The Morgan fingerprint density at radius 3 is 1.41 bits per heavy atom. The number of hydrogen-bond acceptors (Lipinski definition) is 5. The smallest absolute Gasteiger partial charge is 0.331 e. The van der Waals surface area contributed by atoms with Crippen LogP contribution in [0, 0.1) is 0 Å². The lowest BCUT2D eigenvalue weighted by Gasteiger charge is -2.24. The van der Waals surface area contributed by atoms with E-state index in [0.29, 0.717) is 0 Å². The standard InChI is InChI=1S/C19H14BrN.C15H15BN3O/c20-17-11-13-18(14-12-17)21-19(15-7-3-1-4-8-15)16-9-5-2-6-10-16;1-16-20-19(14-8-4-12(17-2)5-9-14)15-10-6-13(18-3)7-11-15/h1-14H;4-11H,2-3H2,1H3. The molecule has 0 spiro atoms. The van der Waals surface area contributed by atoms with Crippen LogP contribution in [0.15, 0.2) is 153 Å². The van der Waals surface area contributed by atoms with Gasteiger partial charge in [-0.25, -0.2) is 10.1 Å². The van der Waals surface area contributed by atoms with E-state index >= 15 is 0 Å². The van der Waals surface area contributed by atoms with Crippen molar-refractivity contribution in [3.63, 3.8) is 0 Å². The Balaban J connectivity index is 0.000000189. The summed E-state index contributed by atoms with van der Waals surface area (Å²) in [6.07, 6.45) is 0. The number of rotatable bonds is 9. The van der Waals surface area contributed by atoms with E-state index in [1.54, 1.807) is 12.5 Å². The van der Waals surface area contributed by atoms with E-state index in [-0.39, 0.29) is 0 Å². The summed E-state index contributed by atoms with van der Waals surface area (Å²) in [5, 5.41) is 1.72. The van der Waals surface area contributed by atoms with Gasteiger partial charge in [-0.15, -0.1) is 0 Å². The highest BCUT2D eigenvalue weighted by atomic mass is 79.9. The van der Waals surface area contributed by atoms with Gasteiger partial charge in [0.2, 0.25) is 0 Å². The van der Waals surface area contributed by atoms with Gasteiger partial charge in [0.15, 0.2) is 0 Å². The molecule has 0 atom stereocenters. The maximum Gasteiger partial charge on any atom is 0.331 e. The third-order valence-electron chi connectivity index (χ3n) is 5.91. The molecule has 5 nitrogen and oxygen atoms in total. The number of anilines is 2. The quantitative estimate of drug-likeness (QED) is 0.0961. The number of benzene rings is 5. The zero-order chi connectivity index (χ0) is 28.9. The normalized spacial score (nSPS) is 10.0. The van der Waals surface area contributed by atoms with Crippen molar-refractivity contribution in [1.29, 1.82) is 0 Å². The molecule has 0 unspecified atom stereocenters. The van der Waals surface area contributed by atoms with E-state index < -0.39 is 0 Å². The van der Waals surface area contributed by atoms with E-state index in [1.807, 2.05) is 116 Å². The lowest BCUT2D eigenvalue weighted by Crippen LogP contribution is -2.18. The highest BCUT2D eigenvalue weighted by molar-refractivity contribution is 9.10. The van der Waals surface area contributed by atoms with Crippen molar-refractivity contribution in [1.82, 2.24) is 0 Å². The number of hydrogen-bond donors (Lipinski definition) is 0. The van der Waals surface area contributed by atoms with Gasteiger partial charge >= 0.3 is 7.48 Å². The third kappa shape index (κ3) is 8.45. The summed E-state index contributed by atoms with van der Waals surface area (Å²) in [5.41, 5.74) is 7.60. The molecule has 0 N–H and O–H groups in total. The molecule has 7 heteroatoms. The average Bonchev–Trinajstić information content (AvgIpc) is 3.05. The molecule has 41 heavy (non-hydrogen) atoms. The molecule has 0 heterocycles. The van der Waals surface area contributed by atoms with Crippen molar-refractivity contribution < 1.29 is 4.76 Å². The first-order valence-corrected chi connectivity index (χ1v) is 13.7. The molecule has 0 aliphatic heterocycles. The first kappa shape index (κ1) is 29.4. The van der Waals surface area contributed by atoms with Gasteiger partial charge in [-0.1, -0.05) is 83.4 Å². The van der Waals surface area contributed by atoms with E-state index in [4.69, 9.17) is 9.75 Å². The molecular weight excluding hydrogens is 571 g/mol. The molecule has 5 aromatic rings. The Hall–Kier alpha value is -4.59. The van der Waals surface area contributed by atoms with Gasteiger partial charge in [-0.3, -0.25) is 9.98 Å². The van der Waals surface area contributed by atoms with Crippen LogP contribution >= 0.6 is 15.9 Å². The zero-order valence-electron chi connectivity index (χ0n) is 22.8. The first-order chi connectivity index (χ1) is 20.1. The molecule has 0 fully saturated rings. The summed E-state index contributed by atoms with van der Waals surface area (Å²) in [6.45, 7) is 8.83. The van der Waals surface area contributed by atoms with Gasteiger partial charge < -0.3 is 4.76 Å². The van der Waals surface area contributed by atoms with Crippen LogP contribution in [0.4, 0.5) is 28.4 Å². The Kier molecular flexibility index (Phi) is 10.9. The van der Waals surface area contributed by atoms with E-state index in [1.165, 1.54) is 0 Å². The largest absolute Gasteiger partial charge is 0.340 e. The first-order valence-electron chi connectivity index (χ1n) is 12.9. The summed E-state index contributed by atoms with van der Waals surface area (Å²) in [7, 11) is 1.62. The molecule has 5 rings (SSSR count). The van der Waals surface area contributed by atoms with E-state index in [2.05, 4.69) is 63.6 Å². The maximum absolute atomic E-state index is 5.58. The molecule has 0 saturated carbocycles. The van der Waals surface area contributed by atoms with Crippen molar-refractivity contribution in [2.75, 3.05) is 5.06 Å². The SMILES string of the molecule is Brc1ccc(N=C(c2ccccc2)c2ccccc2)cc1.C=Nc1ccc(N(O[B]C)c2ccc(N=C)cc2)cc1. The Morgan fingerprint density at radius 1 is 0.610 bits per heavy atom. The minimum atomic E-state index is 0.820. The van der Waals surface area contributed by atoms with E-state index in [9.17, 15) is 0 Å². The van der Waals surface area contributed by atoms with Crippen LogP contribution in [-0.4, -0.2) is 26.6 Å². The minimum absolute atomic E-state index is 0.820. The Bertz CT molecular complexity index is 1470. The minimum Gasteiger partial charge on any atom is -0.340 e.